The van der Waals surface area contributed by atoms with Crippen molar-refractivity contribution in [2.45, 2.75) is 6.61 Å². The lowest BCUT2D eigenvalue weighted by Crippen LogP contribution is -1.94. The minimum absolute atomic E-state index is 0.510. The van der Waals surface area contributed by atoms with Crippen molar-refractivity contribution >= 4 is 33.0 Å². The highest BCUT2D eigenvalue weighted by atomic mass is 35.5. The SMILES string of the molecule is COc1ccc(OCc2csc3cccc(Cl)c23)cc1. The second-order valence-electron chi connectivity index (χ2n) is 4.34. The Morgan fingerprint density at radius 1 is 1.05 bits per heavy atom. The Hall–Kier alpha value is -1.71. The Balaban J connectivity index is 1.79. The molecule has 1 aromatic heterocycles. The van der Waals surface area contributed by atoms with Crippen molar-refractivity contribution in [2.75, 3.05) is 7.11 Å². The molecule has 0 saturated carbocycles. The molecule has 0 bridgehead atoms. The lowest BCUT2D eigenvalue weighted by Gasteiger charge is -2.07. The Kier molecular flexibility index (Phi) is 3.81. The first kappa shape index (κ1) is 13.3. The number of hydrogen-bond donors (Lipinski definition) is 0. The first-order valence-corrected chi connectivity index (χ1v) is 7.45. The van der Waals surface area contributed by atoms with E-state index >= 15 is 0 Å². The standard InChI is InChI=1S/C16H13ClO2S/c1-18-12-5-7-13(8-6-12)19-9-11-10-20-15-4-2-3-14(17)16(11)15/h2-8,10H,9H2,1H3. The van der Waals surface area contributed by atoms with Gasteiger partial charge in [0.05, 0.1) is 7.11 Å². The summed E-state index contributed by atoms with van der Waals surface area (Å²) >= 11 is 7.94. The van der Waals surface area contributed by atoms with Crippen LogP contribution in [0.2, 0.25) is 5.02 Å². The molecular formula is C16H13ClO2S. The topological polar surface area (TPSA) is 18.5 Å². The molecule has 3 rings (SSSR count). The van der Waals surface area contributed by atoms with Gasteiger partial charge in [0.15, 0.2) is 0 Å². The van der Waals surface area contributed by atoms with Gasteiger partial charge in [-0.05, 0) is 41.8 Å². The maximum Gasteiger partial charge on any atom is 0.120 e. The predicted octanol–water partition coefficient (Wildman–Crippen LogP) is 5.14. The minimum Gasteiger partial charge on any atom is -0.497 e. The van der Waals surface area contributed by atoms with Crippen LogP contribution in [0.1, 0.15) is 5.56 Å². The van der Waals surface area contributed by atoms with Crippen LogP contribution in [0.3, 0.4) is 0 Å². The number of benzene rings is 2. The summed E-state index contributed by atoms with van der Waals surface area (Å²) < 4.78 is 12.1. The molecule has 3 aromatic rings. The molecule has 0 saturated heterocycles. The second kappa shape index (κ2) is 5.73. The lowest BCUT2D eigenvalue weighted by atomic mass is 10.2. The normalized spacial score (nSPS) is 10.7. The Bertz CT molecular complexity index is 719. The number of methoxy groups -OCH3 is 1. The third-order valence-corrected chi connectivity index (χ3v) is 4.39. The van der Waals surface area contributed by atoms with Gasteiger partial charge in [0.25, 0.3) is 0 Å². The summed E-state index contributed by atoms with van der Waals surface area (Å²) in [6, 6.07) is 13.5. The van der Waals surface area contributed by atoms with Crippen LogP contribution in [0.5, 0.6) is 11.5 Å². The number of ether oxygens (including phenoxy) is 2. The van der Waals surface area contributed by atoms with E-state index in [1.54, 1.807) is 18.4 Å². The summed E-state index contributed by atoms with van der Waals surface area (Å²) in [5.74, 6) is 1.64. The van der Waals surface area contributed by atoms with Gasteiger partial charge in [-0.3, -0.25) is 0 Å². The smallest absolute Gasteiger partial charge is 0.120 e. The van der Waals surface area contributed by atoms with Crippen molar-refractivity contribution in [2.24, 2.45) is 0 Å². The lowest BCUT2D eigenvalue weighted by molar-refractivity contribution is 0.307. The molecule has 0 atom stereocenters. The Morgan fingerprint density at radius 2 is 1.80 bits per heavy atom. The zero-order valence-corrected chi connectivity index (χ0v) is 12.5. The van der Waals surface area contributed by atoms with Crippen LogP contribution < -0.4 is 9.47 Å². The molecule has 0 fully saturated rings. The van der Waals surface area contributed by atoms with Gasteiger partial charge < -0.3 is 9.47 Å². The largest absolute Gasteiger partial charge is 0.497 e. The van der Waals surface area contributed by atoms with Crippen LogP contribution in [0.15, 0.2) is 47.8 Å². The van der Waals surface area contributed by atoms with Crippen molar-refractivity contribution in [1.29, 1.82) is 0 Å². The highest BCUT2D eigenvalue weighted by Gasteiger charge is 2.08. The Labute approximate surface area is 126 Å². The zero-order chi connectivity index (χ0) is 13.9. The fraction of sp³-hybridized carbons (Fsp3) is 0.125. The van der Waals surface area contributed by atoms with Crippen molar-refractivity contribution < 1.29 is 9.47 Å². The van der Waals surface area contributed by atoms with Crippen LogP contribution in [-0.4, -0.2) is 7.11 Å². The molecular weight excluding hydrogens is 292 g/mol. The first-order valence-electron chi connectivity index (χ1n) is 6.19. The molecule has 102 valence electrons. The minimum atomic E-state index is 0.510. The van der Waals surface area contributed by atoms with E-state index in [0.29, 0.717) is 6.61 Å². The van der Waals surface area contributed by atoms with Crippen LogP contribution in [0, 0.1) is 0 Å². The van der Waals surface area contributed by atoms with E-state index in [0.717, 1.165) is 27.5 Å². The Morgan fingerprint density at radius 3 is 2.55 bits per heavy atom. The summed E-state index contributed by atoms with van der Waals surface area (Å²) in [5, 5.41) is 3.96. The molecule has 0 N–H and O–H groups in total. The van der Waals surface area contributed by atoms with Crippen molar-refractivity contribution in [1.82, 2.24) is 0 Å². The van der Waals surface area contributed by atoms with Gasteiger partial charge in [0.2, 0.25) is 0 Å². The predicted molar refractivity (Wildman–Crippen MR) is 84.2 cm³/mol. The highest BCUT2D eigenvalue weighted by molar-refractivity contribution is 7.17. The van der Waals surface area contributed by atoms with E-state index in [2.05, 4.69) is 11.4 Å². The quantitative estimate of drug-likeness (QED) is 0.664. The third kappa shape index (κ3) is 2.60. The van der Waals surface area contributed by atoms with Gasteiger partial charge in [-0.25, -0.2) is 0 Å². The average molecular weight is 305 g/mol. The highest BCUT2D eigenvalue weighted by Crippen LogP contribution is 2.32. The van der Waals surface area contributed by atoms with Crippen LogP contribution in [0.4, 0.5) is 0 Å². The van der Waals surface area contributed by atoms with E-state index in [-0.39, 0.29) is 0 Å². The van der Waals surface area contributed by atoms with Crippen LogP contribution in [0.25, 0.3) is 10.1 Å². The molecule has 4 heteroatoms. The van der Waals surface area contributed by atoms with Crippen LogP contribution in [-0.2, 0) is 6.61 Å². The molecule has 2 aromatic carbocycles. The van der Waals surface area contributed by atoms with Gasteiger partial charge in [0, 0.05) is 20.7 Å². The fourth-order valence-corrected chi connectivity index (χ4v) is 3.37. The zero-order valence-electron chi connectivity index (χ0n) is 10.9. The van der Waals surface area contributed by atoms with Gasteiger partial charge >= 0.3 is 0 Å². The molecule has 0 radical (unpaired) electrons. The third-order valence-electron chi connectivity index (χ3n) is 3.08. The number of fused-ring (bicyclic) bond motifs is 1. The molecule has 1 heterocycles. The summed E-state index contributed by atoms with van der Waals surface area (Å²) in [4.78, 5) is 0. The maximum atomic E-state index is 6.26. The number of thiophene rings is 1. The van der Waals surface area contributed by atoms with Crippen molar-refractivity contribution in [3.8, 4) is 11.5 Å². The monoisotopic (exact) mass is 304 g/mol. The number of rotatable bonds is 4. The summed E-state index contributed by atoms with van der Waals surface area (Å²) in [5.41, 5.74) is 1.12. The van der Waals surface area contributed by atoms with E-state index in [9.17, 15) is 0 Å². The first-order chi connectivity index (χ1) is 9.78. The van der Waals surface area contributed by atoms with Crippen molar-refractivity contribution in [3.63, 3.8) is 0 Å². The summed E-state index contributed by atoms with van der Waals surface area (Å²) in [6.07, 6.45) is 0. The second-order valence-corrected chi connectivity index (χ2v) is 5.66. The molecule has 0 aliphatic heterocycles. The summed E-state index contributed by atoms with van der Waals surface area (Å²) in [6.45, 7) is 0.510. The molecule has 20 heavy (non-hydrogen) atoms. The van der Waals surface area contributed by atoms with Gasteiger partial charge in [-0.1, -0.05) is 17.7 Å². The molecule has 0 amide bonds. The van der Waals surface area contributed by atoms with Crippen molar-refractivity contribution in [3.05, 3.63) is 58.4 Å². The average Bonchev–Trinajstić information content (AvgIpc) is 2.90. The summed E-state index contributed by atoms with van der Waals surface area (Å²) in [7, 11) is 1.65. The fourth-order valence-electron chi connectivity index (χ4n) is 2.05. The molecule has 0 unspecified atom stereocenters. The molecule has 0 aliphatic rings. The molecule has 0 spiro atoms. The van der Waals surface area contributed by atoms with Crippen LogP contribution >= 0.6 is 22.9 Å². The van der Waals surface area contributed by atoms with Gasteiger partial charge in [0.1, 0.15) is 18.1 Å². The number of hydrogen-bond acceptors (Lipinski definition) is 3. The maximum absolute atomic E-state index is 6.26. The molecule has 2 nitrogen and oxygen atoms in total. The van der Waals surface area contributed by atoms with E-state index in [1.807, 2.05) is 36.4 Å². The number of halogens is 1. The van der Waals surface area contributed by atoms with Gasteiger partial charge in [-0.2, -0.15) is 0 Å². The molecule has 0 aliphatic carbocycles. The van der Waals surface area contributed by atoms with Gasteiger partial charge in [-0.15, -0.1) is 11.3 Å². The van der Waals surface area contributed by atoms with E-state index in [4.69, 9.17) is 21.1 Å². The van der Waals surface area contributed by atoms with E-state index in [1.165, 1.54) is 4.70 Å². The van der Waals surface area contributed by atoms with E-state index < -0.39 is 0 Å².